The summed E-state index contributed by atoms with van der Waals surface area (Å²) in [5, 5.41) is 45.9. The zero-order valence-corrected chi connectivity index (χ0v) is 60.1. The van der Waals surface area contributed by atoms with Crippen LogP contribution in [-0.4, -0.2) is 126 Å². The van der Waals surface area contributed by atoms with Crippen molar-refractivity contribution >= 4 is 114 Å². The van der Waals surface area contributed by atoms with Crippen molar-refractivity contribution in [2.75, 3.05) is 18.8 Å². The topological polar surface area (TPSA) is 388 Å². The van der Waals surface area contributed by atoms with E-state index in [1.54, 1.807) is 102 Å². The van der Waals surface area contributed by atoms with Gasteiger partial charge in [0, 0.05) is 62.5 Å². The Morgan fingerprint density at radius 1 is 0.366 bits per heavy atom. The monoisotopic (exact) mass is 1510 g/mol. The molecule has 101 heavy (non-hydrogen) atoms. The van der Waals surface area contributed by atoms with Crippen LogP contribution in [0, 0.1) is 6.92 Å². The zero-order valence-electron chi connectivity index (χ0n) is 53.7. The van der Waals surface area contributed by atoms with Gasteiger partial charge in [-0.05, 0) is 122 Å². The molecule has 12 aromatic rings. The molecule has 0 saturated carbocycles. The number of benzene rings is 8. The second-order valence-electron chi connectivity index (χ2n) is 20.0. The Morgan fingerprint density at radius 2 is 0.584 bits per heavy atom. The van der Waals surface area contributed by atoms with Crippen molar-refractivity contribution in [3.05, 3.63) is 246 Å². The molecule has 0 spiro atoms. The van der Waals surface area contributed by atoms with Crippen molar-refractivity contribution in [2.24, 2.45) is 0 Å². The molecule has 0 radical (unpaired) electrons. The third kappa shape index (κ3) is 29.5. The predicted octanol–water partition coefficient (Wildman–Crippen LogP) is 12.2. The molecule has 33 heteroatoms. The van der Waals surface area contributed by atoms with E-state index in [-0.39, 0.29) is 24.6 Å². The number of halogens is 1. The van der Waals surface area contributed by atoms with Crippen LogP contribution in [0.2, 0.25) is 5.02 Å². The maximum atomic E-state index is 11.5. The van der Waals surface area contributed by atoms with E-state index in [0.29, 0.717) is 9.79 Å². The van der Waals surface area contributed by atoms with Gasteiger partial charge in [0.1, 0.15) is 20.1 Å². The summed E-state index contributed by atoms with van der Waals surface area (Å²) in [5.41, 5.74) is 14.7. The lowest BCUT2D eigenvalue weighted by Crippen LogP contribution is -1.96. The summed E-state index contributed by atoms with van der Waals surface area (Å²) in [6, 6.07) is 61.2. The third-order valence-corrected chi connectivity index (χ3v) is 20.7. The number of aromatic nitrogens is 12. The molecule has 25 nitrogen and oxygen atoms in total. The Balaban J connectivity index is 0.000000230. The highest BCUT2D eigenvalue weighted by molar-refractivity contribution is 7.99. The molecule has 0 amide bonds. The Kier molecular flexibility index (Phi) is 35.3. The van der Waals surface area contributed by atoms with Crippen LogP contribution in [0.15, 0.2) is 248 Å². The van der Waals surface area contributed by atoms with Gasteiger partial charge in [-0.25, -0.2) is 16.8 Å². The summed E-state index contributed by atoms with van der Waals surface area (Å²) in [6.07, 6.45) is 12.0. The second kappa shape index (κ2) is 43.9. The molecule has 0 fully saturated rings. The minimum absolute atomic E-state index is 0.250. The van der Waals surface area contributed by atoms with Crippen LogP contribution < -0.4 is 0 Å². The van der Waals surface area contributed by atoms with E-state index >= 15 is 0 Å². The van der Waals surface area contributed by atoms with Crippen LogP contribution in [0.1, 0.15) is 27.8 Å². The van der Waals surface area contributed by atoms with Gasteiger partial charge in [-0.1, -0.05) is 204 Å². The molecule has 1 unspecified atom stereocenters. The van der Waals surface area contributed by atoms with Gasteiger partial charge < -0.3 is 0 Å². The quantitative estimate of drug-likeness (QED) is 0.0546. The van der Waals surface area contributed by atoms with Crippen molar-refractivity contribution in [1.29, 1.82) is 0 Å². The number of aromatic amines is 4. The standard InChI is InChI=1S/C16H14ClN3S.2C16H15N3O2S2.C16H15N3OS2.4CO2/c1-11-2-5-14(8-15(11)17)13-6-3-12(4-7-13)10-21-16-9-18-20-19-16;2*1-23(20,21)15-8-6-14(7-9-15)13-4-2-12(3-5-13)11-22-16-10-17-19-18-16;1-22(20)15-8-6-14(7-9-15)13-4-2-12(3-5-13)11-21-16-10-17-19-18-16;4*2-1-3/h2-9H,10H2,1H3,(H,18,19,20);2*2-10H,11H2,1H3,(H,17,18,19);2-10H,11H2,1H3,(H,17,18,19);;;;. The Morgan fingerprint density at radius 3 is 0.792 bits per heavy atom. The first kappa shape index (κ1) is 81.3. The van der Waals surface area contributed by atoms with Gasteiger partial charge in [0.2, 0.25) is 0 Å². The lowest BCUT2D eigenvalue weighted by atomic mass is 10.0. The number of thioether (sulfide) groups is 4. The molecule has 0 bridgehead atoms. The average Bonchev–Trinajstić information content (AvgIpc) is 1.90. The number of hydrogen-bond acceptors (Lipinski definition) is 25. The van der Waals surface area contributed by atoms with Crippen molar-refractivity contribution in [3.63, 3.8) is 0 Å². The molecule has 518 valence electrons. The lowest BCUT2D eigenvalue weighted by Gasteiger charge is -2.06. The summed E-state index contributed by atoms with van der Waals surface area (Å²) >= 11 is 12.7. The van der Waals surface area contributed by atoms with Crippen molar-refractivity contribution in [3.8, 4) is 44.5 Å². The van der Waals surface area contributed by atoms with E-state index < -0.39 is 30.5 Å². The number of nitrogens with zero attached hydrogens (tertiary/aromatic N) is 8. The molecule has 8 aromatic carbocycles. The van der Waals surface area contributed by atoms with Gasteiger partial charge in [0.05, 0.1) is 34.6 Å². The number of aryl methyl sites for hydroxylation is 1. The number of H-pyrrole nitrogens is 4. The van der Waals surface area contributed by atoms with Gasteiger partial charge in [0.15, 0.2) is 19.7 Å². The SMILES string of the molecule is CS(=O)(=O)c1ccc(-c2ccc(CSc3cn[nH]n3)cc2)cc1.CS(=O)(=O)c1ccc(-c2ccc(CSc3cn[nH]n3)cc2)cc1.CS(=O)c1ccc(-c2ccc(CSc3cn[nH]n3)cc2)cc1.Cc1ccc(-c2ccc(CSc3cn[nH]n3)cc2)cc1Cl.O=C=O.O=C=O.O=C=O.O=C=O. The molecule has 12 rings (SSSR count). The maximum Gasteiger partial charge on any atom is 0.373 e. The van der Waals surface area contributed by atoms with Crippen LogP contribution in [0.25, 0.3) is 44.5 Å². The van der Waals surface area contributed by atoms with Crippen LogP contribution in [0.4, 0.5) is 0 Å². The summed E-state index contributed by atoms with van der Waals surface area (Å²) in [7, 11) is -7.24. The molecule has 0 aliphatic rings. The van der Waals surface area contributed by atoms with E-state index in [1.807, 2.05) is 91.9 Å². The summed E-state index contributed by atoms with van der Waals surface area (Å²) < 4.78 is 57.3. The fourth-order valence-corrected chi connectivity index (χ4v) is 13.2. The van der Waals surface area contributed by atoms with Crippen LogP contribution in [0.5, 0.6) is 0 Å². The van der Waals surface area contributed by atoms with Crippen molar-refractivity contribution < 1.29 is 59.4 Å². The Hall–Kier alpha value is -10.4. The first-order valence-electron chi connectivity index (χ1n) is 28.7. The minimum Gasteiger partial charge on any atom is -0.255 e. The number of hydrogen-bond donors (Lipinski definition) is 4. The van der Waals surface area contributed by atoms with Gasteiger partial charge >= 0.3 is 24.6 Å². The highest BCUT2D eigenvalue weighted by atomic mass is 35.5. The maximum absolute atomic E-state index is 11.5. The summed E-state index contributed by atoms with van der Waals surface area (Å²) in [5.74, 6) is 3.38. The second-order valence-corrected chi connectivity index (χ2v) is 29.8. The predicted molar refractivity (Wildman–Crippen MR) is 380 cm³/mol. The van der Waals surface area contributed by atoms with E-state index in [4.69, 9.17) is 50.0 Å². The van der Waals surface area contributed by atoms with Gasteiger partial charge in [-0.15, -0.1) is 20.4 Å². The normalized spacial score (nSPS) is 10.5. The number of rotatable bonds is 19. The number of nitrogens with one attached hydrogen (secondary N) is 4. The molecule has 4 aromatic heterocycles. The third-order valence-electron chi connectivity index (χ3n) is 13.2. The molecule has 1 atom stereocenters. The first-order valence-corrected chi connectivity index (χ1v) is 38.4. The Bertz CT molecular complexity index is 4620. The molecule has 0 saturated heterocycles. The fourth-order valence-electron chi connectivity index (χ4n) is 8.25. The molecular formula is C68H59ClN12O13S7. The fraction of sp³-hybridized carbons (Fsp3) is 0.118. The van der Waals surface area contributed by atoms with Crippen LogP contribution >= 0.6 is 58.6 Å². The van der Waals surface area contributed by atoms with Gasteiger partial charge in [-0.3, -0.25) is 4.21 Å². The molecule has 0 aliphatic heterocycles. The largest absolute Gasteiger partial charge is 0.373 e. The van der Waals surface area contributed by atoms with Gasteiger partial charge in [-0.2, -0.15) is 79.6 Å². The van der Waals surface area contributed by atoms with Crippen LogP contribution in [0.3, 0.4) is 0 Å². The van der Waals surface area contributed by atoms with E-state index in [9.17, 15) is 21.0 Å². The highest BCUT2D eigenvalue weighted by Crippen LogP contribution is 2.30. The zero-order chi connectivity index (χ0) is 73.4. The summed E-state index contributed by atoms with van der Waals surface area (Å²) in [4.78, 5) is 66.5. The molecule has 4 N–H and O–H groups in total. The molecule has 0 aliphatic carbocycles. The van der Waals surface area contributed by atoms with E-state index in [0.717, 1.165) is 97.5 Å². The van der Waals surface area contributed by atoms with Crippen LogP contribution in [-0.2, 0) is 91.8 Å². The van der Waals surface area contributed by atoms with E-state index in [2.05, 4.69) is 141 Å². The summed E-state index contributed by atoms with van der Waals surface area (Å²) in [6.45, 7) is 2.01. The number of sulfone groups is 2. The van der Waals surface area contributed by atoms with Crippen molar-refractivity contribution in [2.45, 2.75) is 64.7 Å². The van der Waals surface area contributed by atoms with E-state index in [1.165, 1.54) is 40.3 Å². The minimum atomic E-state index is -3.15. The highest BCUT2D eigenvalue weighted by Gasteiger charge is 2.11. The first-order chi connectivity index (χ1) is 48.6. The Labute approximate surface area is 604 Å². The molecular weight excluding hydrogens is 1450 g/mol. The molecule has 4 heterocycles. The lowest BCUT2D eigenvalue weighted by molar-refractivity contribution is -0.193. The number of carbonyl (C=O) groups excluding carboxylic acids is 8. The smallest absolute Gasteiger partial charge is 0.255 e. The van der Waals surface area contributed by atoms with Gasteiger partial charge in [0.25, 0.3) is 0 Å². The van der Waals surface area contributed by atoms with Crippen molar-refractivity contribution in [1.82, 2.24) is 61.6 Å². The average molecular weight is 1510 g/mol.